The Hall–Kier alpha value is -1.12. The summed E-state index contributed by atoms with van der Waals surface area (Å²) >= 11 is 1.92. The quantitative estimate of drug-likeness (QED) is 0.777. The number of hydrogen-bond acceptors (Lipinski definition) is 4. The van der Waals surface area contributed by atoms with Gasteiger partial charge >= 0.3 is 0 Å². The maximum Gasteiger partial charge on any atom is 0.266 e. The lowest BCUT2D eigenvalue weighted by molar-refractivity contribution is -0.132. The van der Waals surface area contributed by atoms with Crippen LogP contribution in [-0.4, -0.2) is 39.9 Å². The SMILES string of the molecule is CC(Nc1nc[nH]c(=O)c1I)C(=O)N1CCCCC1. The Bertz CT molecular complexity index is 511. The molecule has 2 heterocycles. The minimum Gasteiger partial charge on any atom is -0.358 e. The second-order valence-electron chi connectivity index (χ2n) is 4.65. The maximum absolute atomic E-state index is 12.2. The van der Waals surface area contributed by atoms with Gasteiger partial charge in [0.2, 0.25) is 5.91 Å². The van der Waals surface area contributed by atoms with Gasteiger partial charge in [0.1, 0.15) is 15.4 Å². The Kier molecular flexibility index (Phi) is 4.78. The van der Waals surface area contributed by atoms with Gasteiger partial charge in [-0.2, -0.15) is 0 Å². The van der Waals surface area contributed by atoms with Crippen molar-refractivity contribution in [3.05, 3.63) is 20.3 Å². The average Bonchev–Trinajstić information content (AvgIpc) is 2.44. The van der Waals surface area contributed by atoms with E-state index in [4.69, 9.17) is 0 Å². The molecule has 1 atom stereocenters. The summed E-state index contributed by atoms with van der Waals surface area (Å²) in [5, 5.41) is 3.02. The van der Waals surface area contributed by atoms with Crippen LogP contribution in [-0.2, 0) is 4.79 Å². The third kappa shape index (κ3) is 3.46. The van der Waals surface area contributed by atoms with Crippen molar-refractivity contribution in [2.24, 2.45) is 0 Å². The van der Waals surface area contributed by atoms with Crippen molar-refractivity contribution in [1.29, 1.82) is 0 Å². The predicted molar refractivity (Wildman–Crippen MR) is 81.1 cm³/mol. The first kappa shape index (κ1) is 14.3. The van der Waals surface area contributed by atoms with E-state index in [1.165, 1.54) is 12.7 Å². The summed E-state index contributed by atoms with van der Waals surface area (Å²) in [7, 11) is 0. The standard InChI is InChI=1S/C12H17IN4O2/c1-8(12(19)17-5-3-2-4-6-17)16-10-9(13)11(18)15-7-14-10/h7-8H,2-6H2,1H3,(H2,14,15,16,18). The summed E-state index contributed by atoms with van der Waals surface area (Å²) in [6.45, 7) is 3.45. The second-order valence-corrected chi connectivity index (χ2v) is 5.72. The second kappa shape index (κ2) is 6.36. The number of anilines is 1. The van der Waals surface area contributed by atoms with Crippen LogP contribution in [0.25, 0.3) is 0 Å². The predicted octanol–water partition coefficient (Wildman–Crippen LogP) is 1.19. The van der Waals surface area contributed by atoms with Crippen LogP contribution < -0.4 is 10.9 Å². The minimum absolute atomic E-state index is 0.0672. The smallest absolute Gasteiger partial charge is 0.266 e. The lowest BCUT2D eigenvalue weighted by Crippen LogP contribution is -2.44. The fourth-order valence-electron chi connectivity index (χ4n) is 2.14. The van der Waals surface area contributed by atoms with E-state index in [1.807, 2.05) is 27.5 Å². The number of piperidine rings is 1. The molecule has 2 rings (SSSR count). The van der Waals surface area contributed by atoms with Gasteiger partial charge in [0, 0.05) is 13.1 Å². The minimum atomic E-state index is -0.374. The van der Waals surface area contributed by atoms with Crippen molar-refractivity contribution in [3.63, 3.8) is 0 Å². The van der Waals surface area contributed by atoms with E-state index in [0.29, 0.717) is 9.39 Å². The van der Waals surface area contributed by atoms with Crippen LogP contribution in [0.2, 0.25) is 0 Å². The van der Waals surface area contributed by atoms with Crippen LogP contribution in [0.4, 0.5) is 5.82 Å². The molecule has 0 aliphatic carbocycles. The highest BCUT2D eigenvalue weighted by atomic mass is 127. The number of aromatic nitrogens is 2. The molecule has 1 aromatic heterocycles. The monoisotopic (exact) mass is 376 g/mol. The van der Waals surface area contributed by atoms with E-state index in [-0.39, 0.29) is 17.5 Å². The molecule has 0 aromatic carbocycles. The third-order valence-electron chi connectivity index (χ3n) is 3.19. The highest BCUT2D eigenvalue weighted by Crippen LogP contribution is 2.14. The van der Waals surface area contributed by atoms with E-state index in [0.717, 1.165) is 25.9 Å². The number of nitrogens with one attached hydrogen (secondary N) is 2. The van der Waals surface area contributed by atoms with Crippen LogP contribution in [0.5, 0.6) is 0 Å². The van der Waals surface area contributed by atoms with Crippen LogP contribution in [0, 0.1) is 3.57 Å². The fourth-order valence-corrected chi connectivity index (χ4v) is 2.59. The first-order chi connectivity index (χ1) is 9.09. The van der Waals surface area contributed by atoms with Crippen molar-refractivity contribution < 1.29 is 4.79 Å². The molecule has 1 unspecified atom stereocenters. The van der Waals surface area contributed by atoms with Crippen LogP contribution in [0.15, 0.2) is 11.1 Å². The third-order valence-corrected chi connectivity index (χ3v) is 4.19. The number of nitrogens with zero attached hydrogens (tertiary/aromatic N) is 2. The van der Waals surface area contributed by atoms with Gasteiger partial charge in [0.05, 0.1) is 6.33 Å². The molecule has 0 radical (unpaired) electrons. The Balaban J connectivity index is 2.03. The molecule has 0 bridgehead atoms. The molecule has 2 N–H and O–H groups in total. The molecule has 1 fully saturated rings. The van der Waals surface area contributed by atoms with Crippen molar-refractivity contribution in [3.8, 4) is 0 Å². The molecule has 1 saturated heterocycles. The maximum atomic E-state index is 12.2. The molecule has 1 aliphatic rings. The highest BCUT2D eigenvalue weighted by molar-refractivity contribution is 14.1. The topological polar surface area (TPSA) is 78.1 Å². The van der Waals surface area contributed by atoms with E-state index in [1.54, 1.807) is 6.92 Å². The highest BCUT2D eigenvalue weighted by Gasteiger charge is 2.23. The Morgan fingerprint density at radius 1 is 1.47 bits per heavy atom. The molecule has 1 aromatic rings. The average molecular weight is 376 g/mol. The van der Waals surface area contributed by atoms with Crippen molar-refractivity contribution in [1.82, 2.24) is 14.9 Å². The molecule has 0 saturated carbocycles. The lowest BCUT2D eigenvalue weighted by atomic mass is 10.1. The zero-order chi connectivity index (χ0) is 13.8. The number of carbonyl (C=O) groups is 1. The Labute approximate surface area is 125 Å². The van der Waals surface area contributed by atoms with Crippen molar-refractivity contribution in [2.75, 3.05) is 18.4 Å². The van der Waals surface area contributed by atoms with Gasteiger partial charge in [0.25, 0.3) is 5.56 Å². The van der Waals surface area contributed by atoms with Crippen molar-refractivity contribution >= 4 is 34.3 Å². The van der Waals surface area contributed by atoms with E-state index >= 15 is 0 Å². The largest absolute Gasteiger partial charge is 0.358 e. The first-order valence-corrected chi connectivity index (χ1v) is 7.46. The molecule has 7 heteroatoms. The molecule has 1 aliphatic heterocycles. The Morgan fingerprint density at radius 2 is 2.16 bits per heavy atom. The molecule has 6 nitrogen and oxygen atoms in total. The van der Waals surface area contributed by atoms with E-state index in [2.05, 4.69) is 15.3 Å². The van der Waals surface area contributed by atoms with Gasteiger partial charge in [0.15, 0.2) is 0 Å². The summed E-state index contributed by atoms with van der Waals surface area (Å²) in [5.41, 5.74) is -0.198. The number of carbonyl (C=O) groups excluding carboxylic acids is 1. The zero-order valence-corrected chi connectivity index (χ0v) is 12.9. The van der Waals surface area contributed by atoms with Crippen LogP contribution in [0.3, 0.4) is 0 Å². The number of likely N-dealkylation sites (tertiary alicyclic amines) is 1. The van der Waals surface area contributed by atoms with Crippen LogP contribution >= 0.6 is 22.6 Å². The zero-order valence-electron chi connectivity index (χ0n) is 10.8. The number of aromatic amines is 1. The molecule has 104 valence electrons. The van der Waals surface area contributed by atoms with Gasteiger partial charge in [-0.1, -0.05) is 0 Å². The first-order valence-electron chi connectivity index (χ1n) is 6.38. The summed E-state index contributed by atoms with van der Waals surface area (Å²) in [6.07, 6.45) is 4.67. The van der Waals surface area contributed by atoms with Crippen LogP contribution in [0.1, 0.15) is 26.2 Å². The number of hydrogen-bond donors (Lipinski definition) is 2. The number of rotatable bonds is 3. The fraction of sp³-hybridized carbons (Fsp3) is 0.583. The normalized spacial score (nSPS) is 17.1. The van der Waals surface area contributed by atoms with E-state index < -0.39 is 0 Å². The Morgan fingerprint density at radius 3 is 2.84 bits per heavy atom. The summed E-state index contributed by atoms with van der Waals surface area (Å²) in [5.74, 6) is 0.528. The van der Waals surface area contributed by atoms with Gasteiger partial charge in [-0.3, -0.25) is 9.59 Å². The summed E-state index contributed by atoms with van der Waals surface area (Å²) in [4.78, 5) is 32.1. The lowest BCUT2D eigenvalue weighted by Gasteiger charge is -2.29. The molecule has 1 amide bonds. The summed E-state index contributed by atoms with van der Waals surface area (Å²) < 4.78 is 0.471. The number of amides is 1. The molecular weight excluding hydrogens is 359 g/mol. The van der Waals surface area contributed by atoms with Crippen molar-refractivity contribution in [2.45, 2.75) is 32.2 Å². The molecule has 0 spiro atoms. The number of halogens is 1. The molecular formula is C12H17IN4O2. The van der Waals surface area contributed by atoms with Gasteiger partial charge in [-0.15, -0.1) is 0 Å². The number of H-pyrrole nitrogens is 1. The van der Waals surface area contributed by atoms with E-state index in [9.17, 15) is 9.59 Å². The summed E-state index contributed by atoms with van der Waals surface area (Å²) in [6, 6.07) is -0.374. The van der Waals surface area contributed by atoms with Gasteiger partial charge in [-0.05, 0) is 48.8 Å². The van der Waals surface area contributed by atoms with Gasteiger partial charge < -0.3 is 15.2 Å². The van der Waals surface area contributed by atoms with Gasteiger partial charge in [-0.25, -0.2) is 4.98 Å². The molecule has 19 heavy (non-hydrogen) atoms.